The number of methoxy groups -OCH3 is 3. The van der Waals surface area contributed by atoms with Crippen LogP contribution >= 0.6 is 0 Å². The molecule has 0 aliphatic heterocycles. The highest BCUT2D eigenvalue weighted by atomic mass is 16.5. The molecule has 27 heavy (non-hydrogen) atoms. The predicted molar refractivity (Wildman–Crippen MR) is 102 cm³/mol. The van der Waals surface area contributed by atoms with Crippen molar-refractivity contribution < 1.29 is 23.8 Å². The fourth-order valence-corrected chi connectivity index (χ4v) is 2.37. The van der Waals surface area contributed by atoms with E-state index in [1.165, 1.54) is 27.4 Å². The average molecular weight is 370 g/mol. The van der Waals surface area contributed by atoms with E-state index < -0.39 is 5.91 Å². The lowest BCUT2D eigenvalue weighted by molar-refractivity contribution is -0.126. The Bertz CT molecular complexity index is 793. The van der Waals surface area contributed by atoms with E-state index in [0.717, 1.165) is 5.56 Å². The van der Waals surface area contributed by atoms with Crippen molar-refractivity contribution in [3.63, 3.8) is 0 Å². The number of amides is 2. The Morgan fingerprint density at radius 3 is 2.11 bits per heavy atom. The summed E-state index contributed by atoms with van der Waals surface area (Å²) >= 11 is 0. The van der Waals surface area contributed by atoms with Gasteiger partial charge in [0.2, 0.25) is 11.7 Å². The summed E-state index contributed by atoms with van der Waals surface area (Å²) < 4.78 is 15.8. The minimum Gasteiger partial charge on any atom is -0.493 e. The number of ether oxygens (including phenoxy) is 3. The molecule has 0 saturated heterocycles. The van der Waals surface area contributed by atoms with Crippen LogP contribution in [-0.4, -0.2) is 33.1 Å². The van der Waals surface area contributed by atoms with Crippen LogP contribution in [-0.2, 0) is 16.0 Å². The third-order valence-electron chi connectivity index (χ3n) is 3.65. The zero-order chi connectivity index (χ0) is 19.6. The molecule has 2 aromatic carbocycles. The van der Waals surface area contributed by atoms with Gasteiger partial charge >= 0.3 is 0 Å². The summed E-state index contributed by atoms with van der Waals surface area (Å²) in [5.41, 5.74) is 6.25. The predicted octanol–water partition coefficient (Wildman–Crippen LogP) is 2.12. The second-order valence-corrected chi connectivity index (χ2v) is 5.49. The maximum Gasteiger partial charge on any atom is 0.262 e. The van der Waals surface area contributed by atoms with E-state index in [0.29, 0.717) is 22.8 Å². The van der Waals surface area contributed by atoms with Crippen molar-refractivity contribution in [2.45, 2.75) is 6.42 Å². The van der Waals surface area contributed by atoms with E-state index in [1.807, 2.05) is 30.3 Å². The average Bonchev–Trinajstić information content (AvgIpc) is 2.70. The normalized spacial score (nSPS) is 10.3. The molecule has 2 aromatic rings. The quantitative estimate of drug-likeness (QED) is 0.576. The highest BCUT2D eigenvalue weighted by Crippen LogP contribution is 2.38. The lowest BCUT2D eigenvalue weighted by Crippen LogP contribution is -2.41. The van der Waals surface area contributed by atoms with Crippen LogP contribution in [0.2, 0.25) is 0 Å². The Morgan fingerprint density at radius 2 is 1.56 bits per heavy atom. The van der Waals surface area contributed by atoms with E-state index in [2.05, 4.69) is 10.9 Å². The summed E-state index contributed by atoms with van der Waals surface area (Å²) in [5, 5.41) is 0. The molecule has 0 fully saturated rings. The Kier molecular flexibility index (Phi) is 7.25. The van der Waals surface area contributed by atoms with Gasteiger partial charge in [-0.2, -0.15) is 0 Å². The lowest BCUT2D eigenvalue weighted by atomic mass is 10.1. The molecule has 7 heteroatoms. The van der Waals surface area contributed by atoms with E-state index >= 15 is 0 Å². The summed E-state index contributed by atoms with van der Waals surface area (Å²) in [6.07, 6.45) is 3.05. The maximum atomic E-state index is 11.9. The van der Waals surface area contributed by atoms with E-state index in [-0.39, 0.29) is 12.3 Å². The van der Waals surface area contributed by atoms with Gasteiger partial charge in [-0.25, -0.2) is 0 Å². The van der Waals surface area contributed by atoms with Crippen LogP contribution in [0.5, 0.6) is 17.2 Å². The van der Waals surface area contributed by atoms with Gasteiger partial charge in [0.15, 0.2) is 11.5 Å². The van der Waals surface area contributed by atoms with E-state index in [4.69, 9.17) is 14.2 Å². The molecule has 0 aliphatic rings. The number of rotatable bonds is 7. The molecular weight excluding hydrogens is 348 g/mol. The van der Waals surface area contributed by atoms with Gasteiger partial charge in [0.05, 0.1) is 27.8 Å². The monoisotopic (exact) mass is 370 g/mol. The highest BCUT2D eigenvalue weighted by molar-refractivity contribution is 5.93. The highest BCUT2D eigenvalue weighted by Gasteiger charge is 2.12. The minimum absolute atomic E-state index is 0.178. The molecular formula is C20H22N2O5. The Morgan fingerprint density at radius 1 is 0.926 bits per heavy atom. The molecule has 0 spiro atoms. The Balaban J connectivity index is 1.95. The standard InChI is InChI=1S/C20H22N2O5/c1-25-16-11-15(12-17(26-2)20(16)27-3)9-10-18(23)21-22-19(24)13-14-7-5-4-6-8-14/h4-12H,13H2,1-3H3,(H,21,23)(H,22,24)/b10-9+. The molecule has 2 N–H and O–H groups in total. The summed E-state index contributed by atoms with van der Waals surface area (Å²) in [4.78, 5) is 23.7. The number of hydrazine groups is 1. The third kappa shape index (κ3) is 5.78. The van der Waals surface area contributed by atoms with Gasteiger partial charge in [0, 0.05) is 6.08 Å². The fraction of sp³-hybridized carbons (Fsp3) is 0.200. The first-order valence-corrected chi connectivity index (χ1v) is 8.18. The number of carbonyl (C=O) groups is 2. The number of benzene rings is 2. The van der Waals surface area contributed by atoms with E-state index in [1.54, 1.807) is 18.2 Å². The van der Waals surface area contributed by atoms with Crippen molar-refractivity contribution in [3.05, 3.63) is 59.7 Å². The van der Waals surface area contributed by atoms with Crippen molar-refractivity contribution in [3.8, 4) is 17.2 Å². The zero-order valence-corrected chi connectivity index (χ0v) is 15.4. The van der Waals surface area contributed by atoms with Crippen LogP contribution in [0.4, 0.5) is 0 Å². The van der Waals surface area contributed by atoms with Crippen molar-refractivity contribution in [2.24, 2.45) is 0 Å². The molecule has 2 amide bonds. The SMILES string of the molecule is COc1cc(/C=C/C(=O)NNC(=O)Cc2ccccc2)cc(OC)c1OC. The molecule has 0 heterocycles. The molecule has 0 radical (unpaired) electrons. The van der Waals surface area contributed by atoms with Gasteiger partial charge in [-0.15, -0.1) is 0 Å². The van der Waals surface area contributed by atoms with E-state index in [9.17, 15) is 9.59 Å². The molecule has 0 aromatic heterocycles. The van der Waals surface area contributed by atoms with Crippen LogP contribution in [0, 0.1) is 0 Å². The summed E-state index contributed by atoms with van der Waals surface area (Å²) in [7, 11) is 4.54. The molecule has 0 bridgehead atoms. The first-order valence-electron chi connectivity index (χ1n) is 8.18. The molecule has 142 valence electrons. The largest absolute Gasteiger partial charge is 0.493 e. The van der Waals surface area contributed by atoms with Crippen LogP contribution < -0.4 is 25.1 Å². The lowest BCUT2D eigenvalue weighted by Gasteiger charge is -2.12. The van der Waals surface area contributed by atoms with Crippen molar-refractivity contribution in [1.82, 2.24) is 10.9 Å². The topological polar surface area (TPSA) is 85.9 Å². The Labute approximate surface area is 157 Å². The van der Waals surface area contributed by atoms with Crippen LogP contribution in [0.25, 0.3) is 6.08 Å². The second kappa shape index (κ2) is 9.86. The molecule has 0 unspecified atom stereocenters. The fourth-order valence-electron chi connectivity index (χ4n) is 2.37. The van der Waals surface area contributed by atoms with Crippen LogP contribution in [0.3, 0.4) is 0 Å². The first kappa shape index (κ1) is 19.8. The minimum atomic E-state index is -0.467. The molecule has 0 saturated carbocycles. The summed E-state index contributed by atoms with van der Waals surface area (Å²) in [6.45, 7) is 0. The molecule has 2 rings (SSSR count). The van der Waals surface area contributed by atoms with Crippen LogP contribution in [0.1, 0.15) is 11.1 Å². The molecule has 7 nitrogen and oxygen atoms in total. The van der Waals surface area contributed by atoms with Crippen molar-refractivity contribution in [1.29, 1.82) is 0 Å². The second-order valence-electron chi connectivity index (χ2n) is 5.49. The Hall–Kier alpha value is -3.48. The number of hydrogen-bond donors (Lipinski definition) is 2. The summed E-state index contributed by atoms with van der Waals surface area (Å²) in [5.74, 6) is 0.650. The van der Waals surface area contributed by atoms with Gasteiger partial charge in [-0.1, -0.05) is 30.3 Å². The smallest absolute Gasteiger partial charge is 0.262 e. The van der Waals surface area contributed by atoms with Gasteiger partial charge in [-0.05, 0) is 29.3 Å². The molecule has 0 atom stereocenters. The van der Waals surface area contributed by atoms with Gasteiger partial charge < -0.3 is 14.2 Å². The number of carbonyl (C=O) groups excluding carboxylic acids is 2. The molecule has 0 aliphatic carbocycles. The maximum absolute atomic E-state index is 11.9. The van der Waals surface area contributed by atoms with Crippen molar-refractivity contribution >= 4 is 17.9 Å². The van der Waals surface area contributed by atoms with Gasteiger partial charge in [0.1, 0.15) is 0 Å². The third-order valence-corrected chi connectivity index (χ3v) is 3.65. The van der Waals surface area contributed by atoms with Crippen LogP contribution in [0.15, 0.2) is 48.5 Å². The first-order chi connectivity index (χ1) is 13.1. The zero-order valence-electron chi connectivity index (χ0n) is 15.4. The van der Waals surface area contributed by atoms with Gasteiger partial charge in [-0.3, -0.25) is 20.4 Å². The van der Waals surface area contributed by atoms with Crippen molar-refractivity contribution in [2.75, 3.05) is 21.3 Å². The number of nitrogens with one attached hydrogen (secondary N) is 2. The summed E-state index contributed by atoms with van der Waals surface area (Å²) in [6, 6.07) is 12.7. The number of hydrogen-bond acceptors (Lipinski definition) is 5. The van der Waals surface area contributed by atoms with Gasteiger partial charge in [0.25, 0.3) is 5.91 Å².